The van der Waals surface area contributed by atoms with Gasteiger partial charge in [0.15, 0.2) is 5.82 Å². The van der Waals surface area contributed by atoms with E-state index < -0.39 is 17.5 Å². The quantitative estimate of drug-likeness (QED) is 0.517. The number of nitrogens with one attached hydrogen (secondary N) is 2. The Hall–Kier alpha value is -3.33. The lowest BCUT2D eigenvalue weighted by Gasteiger charge is -2.10. The minimum Gasteiger partial charge on any atom is -0.321 e. The third-order valence-corrected chi connectivity index (χ3v) is 4.33. The van der Waals surface area contributed by atoms with E-state index in [0.717, 1.165) is 4.47 Å². The Kier molecular flexibility index (Phi) is 4.28. The first-order chi connectivity index (χ1) is 13.0. The highest BCUT2D eigenvalue weighted by molar-refractivity contribution is 9.10. The fraction of sp³-hybridized carbons (Fsp3) is 0. The van der Waals surface area contributed by atoms with Crippen LogP contribution >= 0.6 is 15.9 Å². The van der Waals surface area contributed by atoms with Crippen molar-refractivity contribution in [1.29, 1.82) is 0 Å². The van der Waals surface area contributed by atoms with Crippen LogP contribution in [0.4, 0.5) is 10.1 Å². The molecule has 0 aliphatic carbocycles. The number of benzene rings is 2. The van der Waals surface area contributed by atoms with E-state index in [0.29, 0.717) is 27.7 Å². The zero-order valence-electron chi connectivity index (χ0n) is 13.5. The number of halogens is 2. The van der Waals surface area contributed by atoms with Crippen LogP contribution in [0.1, 0.15) is 10.4 Å². The van der Waals surface area contributed by atoms with Crippen LogP contribution in [-0.4, -0.2) is 21.0 Å². The highest BCUT2D eigenvalue weighted by Gasteiger charge is 2.15. The zero-order valence-corrected chi connectivity index (χ0v) is 15.1. The highest BCUT2D eigenvalue weighted by atomic mass is 79.9. The number of amides is 1. The molecule has 0 unspecified atom stereocenters. The predicted octanol–water partition coefficient (Wildman–Crippen LogP) is 3.73. The number of carbonyl (C=O) groups is 1. The van der Waals surface area contributed by atoms with E-state index in [-0.39, 0.29) is 5.82 Å². The molecule has 0 bridgehead atoms. The Labute approximate surface area is 159 Å². The second-order valence-electron chi connectivity index (χ2n) is 5.65. The predicted molar refractivity (Wildman–Crippen MR) is 99.9 cm³/mol. The van der Waals surface area contributed by atoms with Crippen molar-refractivity contribution >= 4 is 38.4 Å². The topological polar surface area (TPSA) is 101 Å². The van der Waals surface area contributed by atoms with E-state index >= 15 is 0 Å². The van der Waals surface area contributed by atoms with Crippen LogP contribution in [0.15, 0.2) is 62.5 Å². The van der Waals surface area contributed by atoms with Gasteiger partial charge in [0, 0.05) is 27.7 Å². The van der Waals surface area contributed by atoms with Gasteiger partial charge in [0.25, 0.3) is 5.91 Å². The maximum Gasteiger partial charge on any atom is 0.439 e. The number of nitrogens with zero attached hydrogens (tertiary/aromatic N) is 2. The average molecular weight is 429 g/mol. The van der Waals surface area contributed by atoms with Gasteiger partial charge in [-0.1, -0.05) is 21.1 Å². The van der Waals surface area contributed by atoms with Gasteiger partial charge in [-0.15, -0.1) is 0 Å². The number of fused-ring (bicyclic) bond motifs is 1. The first-order valence-electron chi connectivity index (χ1n) is 7.72. The zero-order chi connectivity index (χ0) is 19.0. The molecule has 7 nitrogen and oxygen atoms in total. The number of anilines is 1. The number of aromatic amines is 1. The molecule has 0 fully saturated rings. The summed E-state index contributed by atoms with van der Waals surface area (Å²) in [4.78, 5) is 30.4. The van der Waals surface area contributed by atoms with Gasteiger partial charge >= 0.3 is 5.76 Å². The first kappa shape index (κ1) is 17.1. The van der Waals surface area contributed by atoms with Gasteiger partial charge in [0.2, 0.25) is 0 Å². The van der Waals surface area contributed by atoms with Gasteiger partial charge in [-0.3, -0.25) is 19.3 Å². The van der Waals surface area contributed by atoms with Crippen molar-refractivity contribution in [3.05, 3.63) is 75.1 Å². The van der Waals surface area contributed by atoms with Gasteiger partial charge in [-0.25, -0.2) is 9.18 Å². The van der Waals surface area contributed by atoms with Crippen molar-refractivity contribution in [2.45, 2.75) is 0 Å². The monoisotopic (exact) mass is 428 g/mol. The molecule has 134 valence electrons. The number of aromatic nitrogens is 3. The molecule has 0 atom stereocenters. The lowest BCUT2D eigenvalue weighted by Crippen LogP contribution is -2.13. The Bertz CT molecular complexity index is 1230. The summed E-state index contributed by atoms with van der Waals surface area (Å²) in [6.07, 6.45) is 1.37. The van der Waals surface area contributed by atoms with Crippen molar-refractivity contribution in [3.63, 3.8) is 0 Å². The summed E-state index contributed by atoms with van der Waals surface area (Å²) in [6, 6.07) is 10.9. The van der Waals surface area contributed by atoms with Crippen molar-refractivity contribution in [2.24, 2.45) is 0 Å². The van der Waals surface area contributed by atoms with E-state index in [9.17, 15) is 14.0 Å². The minimum absolute atomic E-state index is 0.184. The summed E-state index contributed by atoms with van der Waals surface area (Å²) in [5.41, 5.74) is 1.65. The third-order valence-electron chi connectivity index (χ3n) is 3.83. The van der Waals surface area contributed by atoms with E-state index in [1.54, 1.807) is 30.3 Å². The molecule has 0 aliphatic rings. The van der Waals surface area contributed by atoms with Crippen molar-refractivity contribution in [1.82, 2.24) is 15.1 Å². The SMILES string of the molecule is O=C(Nc1ccc(Br)cc1-c1noc(=O)[nH]1)c1cnc2cc(F)ccc2c1. The lowest BCUT2D eigenvalue weighted by atomic mass is 10.1. The van der Waals surface area contributed by atoms with E-state index in [2.05, 4.69) is 40.9 Å². The summed E-state index contributed by atoms with van der Waals surface area (Å²) >= 11 is 3.34. The molecule has 0 aliphatic heterocycles. The molecule has 2 N–H and O–H groups in total. The van der Waals surface area contributed by atoms with Gasteiger partial charge in [-0.2, -0.15) is 0 Å². The second-order valence-corrected chi connectivity index (χ2v) is 6.56. The van der Waals surface area contributed by atoms with E-state index in [4.69, 9.17) is 0 Å². The Morgan fingerprint density at radius 2 is 2.04 bits per heavy atom. The molecule has 0 spiro atoms. The smallest absolute Gasteiger partial charge is 0.321 e. The molecule has 2 aromatic carbocycles. The molecule has 1 amide bonds. The van der Waals surface area contributed by atoms with Crippen LogP contribution in [0.25, 0.3) is 22.3 Å². The van der Waals surface area contributed by atoms with Gasteiger partial charge < -0.3 is 5.32 Å². The molecule has 0 saturated heterocycles. The first-order valence-corrected chi connectivity index (χ1v) is 8.51. The summed E-state index contributed by atoms with van der Waals surface area (Å²) in [6.45, 7) is 0. The van der Waals surface area contributed by atoms with Crippen LogP contribution in [0.5, 0.6) is 0 Å². The Morgan fingerprint density at radius 3 is 2.81 bits per heavy atom. The molecule has 2 heterocycles. The molecule has 2 aromatic heterocycles. The van der Waals surface area contributed by atoms with Crippen LogP contribution in [-0.2, 0) is 0 Å². The number of hydrogen-bond donors (Lipinski definition) is 2. The molecule has 0 saturated carbocycles. The lowest BCUT2D eigenvalue weighted by molar-refractivity contribution is 0.102. The average Bonchev–Trinajstić information content (AvgIpc) is 3.09. The summed E-state index contributed by atoms with van der Waals surface area (Å²) in [7, 11) is 0. The largest absolute Gasteiger partial charge is 0.439 e. The fourth-order valence-electron chi connectivity index (χ4n) is 2.58. The van der Waals surface area contributed by atoms with Crippen LogP contribution < -0.4 is 11.1 Å². The van der Waals surface area contributed by atoms with Crippen molar-refractivity contribution in [2.75, 3.05) is 5.32 Å². The maximum atomic E-state index is 13.3. The number of pyridine rings is 1. The second kappa shape index (κ2) is 6.76. The third kappa shape index (κ3) is 3.49. The summed E-state index contributed by atoms with van der Waals surface area (Å²) in [5.74, 6) is -1.33. The molecular formula is C18H10BrFN4O3. The number of rotatable bonds is 3. The number of H-pyrrole nitrogens is 1. The maximum absolute atomic E-state index is 13.3. The van der Waals surface area contributed by atoms with Crippen LogP contribution in [0.3, 0.4) is 0 Å². The summed E-state index contributed by atoms with van der Waals surface area (Å²) in [5, 5.41) is 7.05. The highest BCUT2D eigenvalue weighted by Crippen LogP contribution is 2.29. The van der Waals surface area contributed by atoms with Crippen molar-refractivity contribution < 1.29 is 13.7 Å². The van der Waals surface area contributed by atoms with Gasteiger partial charge in [0.05, 0.1) is 16.8 Å². The molecule has 27 heavy (non-hydrogen) atoms. The van der Waals surface area contributed by atoms with Crippen LogP contribution in [0, 0.1) is 5.82 Å². The van der Waals surface area contributed by atoms with Crippen LogP contribution in [0.2, 0.25) is 0 Å². The van der Waals surface area contributed by atoms with Crippen molar-refractivity contribution in [3.8, 4) is 11.4 Å². The number of carbonyl (C=O) groups excluding carboxylic acids is 1. The normalized spacial score (nSPS) is 10.9. The van der Waals surface area contributed by atoms with Gasteiger partial charge in [0.1, 0.15) is 5.82 Å². The Morgan fingerprint density at radius 1 is 1.19 bits per heavy atom. The Balaban J connectivity index is 1.69. The minimum atomic E-state index is -0.701. The molecule has 4 rings (SSSR count). The molecule has 9 heteroatoms. The van der Waals surface area contributed by atoms with E-state index in [1.807, 2.05) is 0 Å². The van der Waals surface area contributed by atoms with Gasteiger partial charge in [-0.05, 0) is 36.4 Å². The standard InChI is InChI=1S/C18H10BrFN4O3/c19-11-2-4-14(13(6-11)16-23-18(26)27-24-16)22-17(25)10-5-9-1-3-12(20)7-15(9)21-8-10/h1-8H,(H,22,25)(H,23,24,26). The molecule has 4 aromatic rings. The molecule has 0 radical (unpaired) electrons. The number of hydrogen-bond acceptors (Lipinski definition) is 5. The fourth-order valence-corrected chi connectivity index (χ4v) is 2.94. The summed E-state index contributed by atoms with van der Waals surface area (Å²) < 4.78 is 18.5. The van der Waals surface area contributed by atoms with E-state index in [1.165, 1.54) is 18.3 Å². The molecular weight excluding hydrogens is 419 g/mol.